The van der Waals surface area contributed by atoms with Crippen LogP contribution in [0.5, 0.6) is 11.5 Å². The first-order valence-electron chi connectivity index (χ1n) is 3.92. The van der Waals surface area contributed by atoms with Gasteiger partial charge >= 0.3 is 0 Å². The Morgan fingerprint density at radius 3 is 2.77 bits per heavy atom. The monoisotopic (exact) mass is 177 g/mol. The van der Waals surface area contributed by atoms with E-state index in [4.69, 9.17) is 10.00 Å². The van der Waals surface area contributed by atoms with Gasteiger partial charge in [-0.3, -0.25) is 0 Å². The highest BCUT2D eigenvalue weighted by Gasteiger charge is 2.06. The SMILES string of the molecule is COc1cc(C)c(O)cc1CC#N. The molecule has 0 atom stereocenters. The number of rotatable bonds is 2. The van der Waals surface area contributed by atoms with Gasteiger partial charge in [-0.25, -0.2) is 0 Å². The van der Waals surface area contributed by atoms with Crippen molar-refractivity contribution in [3.63, 3.8) is 0 Å². The first-order valence-corrected chi connectivity index (χ1v) is 3.92. The van der Waals surface area contributed by atoms with Gasteiger partial charge in [-0.15, -0.1) is 0 Å². The molecule has 0 bridgehead atoms. The number of nitrogens with zero attached hydrogens (tertiary/aromatic N) is 1. The van der Waals surface area contributed by atoms with Crippen molar-refractivity contribution >= 4 is 0 Å². The number of phenols is 1. The molecular formula is C10H11NO2. The predicted octanol–water partition coefficient (Wildman–Crippen LogP) is 1.78. The number of hydrogen-bond donors (Lipinski definition) is 1. The molecule has 1 aromatic rings. The van der Waals surface area contributed by atoms with Gasteiger partial charge in [0.15, 0.2) is 0 Å². The second kappa shape index (κ2) is 3.81. The maximum atomic E-state index is 9.38. The van der Waals surface area contributed by atoms with Crippen molar-refractivity contribution in [3.8, 4) is 17.6 Å². The van der Waals surface area contributed by atoms with Crippen molar-refractivity contribution in [1.29, 1.82) is 5.26 Å². The molecule has 0 heterocycles. The molecule has 0 fully saturated rings. The van der Waals surface area contributed by atoms with E-state index in [-0.39, 0.29) is 12.2 Å². The molecule has 0 saturated heterocycles. The molecule has 0 aliphatic heterocycles. The summed E-state index contributed by atoms with van der Waals surface area (Å²) in [5.41, 5.74) is 1.46. The minimum atomic E-state index is 0.200. The normalized spacial score (nSPS) is 9.31. The van der Waals surface area contributed by atoms with Crippen molar-refractivity contribution in [2.24, 2.45) is 0 Å². The molecule has 1 N–H and O–H groups in total. The fourth-order valence-electron chi connectivity index (χ4n) is 1.13. The minimum Gasteiger partial charge on any atom is -0.508 e. The number of aromatic hydroxyl groups is 1. The van der Waals surface area contributed by atoms with Crippen LogP contribution in [0, 0.1) is 18.3 Å². The lowest BCUT2D eigenvalue weighted by atomic mass is 10.1. The van der Waals surface area contributed by atoms with Crippen molar-refractivity contribution < 1.29 is 9.84 Å². The lowest BCUT2D eigenvalue weighted by Crippen LogP contribution is -1.92. The van der Waals surface area contributed by atoms with Gasteiger partial charge in [0, 0.05) is 5.56 Å². The molecule has 3 nitrogen and oxygen atoms in total. The Balaban J connectivity index is 3.18. The number of nitriles is 1. The van der Waals surface area contributed by atoms with Crippen LogP contribution in [0.2, 0.25) is 0 Å². The molecule has 0 aromatic heterocycles. The van der Waals surface area contributed by atoms with E-state index in [9.17, 15) is 5.11 Å². The van der Waals surface area contributed by atoms with Crippen LogP contribution in [0.15, 0.2) is 12.1 Å². The van der Waals surface area contributed by atoms with Gasteiger partial charge in [0.2, 0.25) is 0 Å². The van der Waals surface area contributed by atoms with Gasteiger partial charge in [0.25, 0.3) is 0 Å². The van der Waals surface area contributed by atoms with Crippen molar-refractivity contribution in [1.82, 2.24) is 0 Å². The van der Waals surface area contributed by atoms with Gasteiger partial charge in [-0.05, 0) is 24.6 Å². The van der Waals surface area contributed by atoms with Crippen LogP contribution in [-0.2, 0) is 6.42 Å². The van der Waals surface area contributed by atoms with Crippen LogP contribution in [-0.4, -0.2) is 12.2 Å². The Morgan fingerprint density at radius 1 is 1.54 bits per heavy atom. The summed E-state index contributed by atoms with van der Waals surface area (Å²) < 4.78 is 5.07. The van der Waals surface area contributed by atoms with E-state index in [0.29, 0.717) is 11.3 Å². The first-order chi connectivity index (χ1) is 6.19. The van der Waals surface area contributed by atoms with Gasteiger partial charge < -0.3 is 9.84 Å². The van der Waals surface area contributed by atoms with E-state index >= 15 is 0 Å². The Morgan fingerprint density at radius 2 is 2.23 bits per heavy atom. The van der Waals surface area contributed by atoms with Crippen LogP contribution in [0.25, 0.3) is 0 Å². The summed E-state index contributed by atoms with van der Waals surface area (Å²) in [5, 5.41) is 17.9. The fraction of sp³-hybridized carbons (Fsp3) is 0.300. The summed E-state index contributed by atoms with van der Waals surface area (Å²) in [7, 11) is 1.55. The van der Waals surface area contributed by atoms with E-state index in [1.165, 1.54) is 0 Å². The molecule has 1 aromatic carbocycles. The molecule has 0 aliphatic carbocycles. The second-order valence-electron chi connectivity index (χ2n) is 2.79. The van der Waals surface area contributed by atoms with E-state index < -0.39 is 0 Å². The molecular weight excluding hydrogens is 166 g/mol. The molecule has 1 rings (SSSR count). The van der Waals surface area contributed by atoms with Crippen molar-refractivity contribution in [2.75, 3.05) is 7.11 Å². The summed E-state index contributed by atoms with van der Waals surface area (Å²) in [6, 6.07) is 5.31. The van der Waals surface area contributed by atoms with Crippen LogP contribution in [0.1, 0.15) is 11.1 Å². The minimum absolute atomic E-state index is 0.200. The lowest BCUT2D eigenvalue weighted by molar-refractivity contribution is 0.407. The smallest absolute Gasteiger partial charge is 0.123 e. The third-order valence-electron chi connectivity index (χ3n) is 1.87. The summed E-state index contributed by atoms with van der Waals surface area (Å²) >= 11 is 0. The van der Waals surface area contributed by atoms with E-state index in [2.05, 4.69) is 0 Å². The average molecular weight is 177 g/mol. The molecule has 3 heteroatoms. The zero-order valence-corrected chi connectivity index (χ0v) is 7.66. The summed E-state index contributed by atoms with van der Waals surface area (Å²) in [4.78, 5) is 0. The fourth-order valence-corrected chi connectivity index (χ4v) is 1.13. The van der Waals surface area contributed by atoms with Crippen molar-refractivity contribution in [2.45, 2.75) is 13.3 Å². The Bertz CT molecular complexity index is 353. The molecule has 0 radical (unpaired) electrons. The topological polar surface area (TPSA) is 53.2 Å². The zero-order valence-electron chi connectivity index (χ0n) is 7.66. The number of ether oxygens (including phenoxy) is 1. The second-order valence-corrected chi connectivity index (χ2v) is 2.79. The zero-order chi connectivity index (χ0) is 9.84. The maximum Gasteiger partial charge on any atom is 0.123 e. The third kappa shape index (κ3) is 1.91. The van der Waals surface area contributed by atoms with Gasteiger partial charge in [0.1, 0.15) is 11.5 Å². The molecule has 0 spiro atoms. The third-order valence-corrected chi connectivity index (χ3v) is 1.87. The Labute approximate surface area is 77.2 Å². The van der Waals surface area contributed by atoms with E-state index in [0.717, 1.165) is 5.56 Å². The summed E-state index contributed by atoms with van der Waals surface area (Å²) in [5.74, 6) is 0.850. The van der Waals surface area contributed by atoms with Gasteiger partial charge in [-0.1, -0.05) is 0 Å². The largest absolute Gasteiger partial charge is 0.508 e. The van der Waals surface area contributed by atoms with Crippen LogP contribution >= 0.6 is 0 Å². The standard InChI is InChI=1S/C10H11NO2/c1-7-5-10(13-2)8(3-4-11)6-9(7)12/h5-6,12H,3H2,1-2H3. The Hall–Kier alpha value is -1.69. The molecule has 13 heavy (non-hydrogen) atoms. The van der Waals surface area contributed by atoms with Crippen LogP contribution in [0.3, 0.4) is 0 Å². The highest BCUT2D eigenvalue weighted by Crippen LogP contribution is 2.27. The quantitative estimate of drug-likeness (QED) is 0.749. The number of methoxy groups -OCH3 is 1. The first kappa shape index (κ1) is 9.40. The van der Waals surface area contributed by atoms with Gasteiger partial charge in [-0.2, -0.15) is 5.26 Å². The Kier molecular flexibility index (Phi) is 2.76. The van der Waals surface area contributed by atoms with Gasteiger partial charge in [0.05, 0.1) is 19.6 Å². The maximum absolute atomic E-state index is 9.38. The van der Waals surface area contributed by atoms with E-state index in [1.54, 1.807) is 26.2 Å². The number of aryl methyl sites for hydroxylation is 1. The number of phenolic OH excluding ortho intramolecular Hbond substituents is 1. The molecule has 0 unspecified atom stereocenters. The number of hydrogen-bond acceptors (Lipinski definition) is 3. The average Bonchev–Trinajstić information content (AvgIpc) is 2.11. The highest BCUT2D eigenvalue weighted by atomic mass is 16.5. The predicted molar refractivity (Wildman–Crippen MR) is 48.7 cm³/mol. The number of benzene rings is 1. The molecule has 0 amide bonds. The van der Waals surface area contributed by atoms with Crippen LogP contribution < -0.4 is 4.74 Å². The van der Waals surface area contributed by atoms with Crippen molar-refractivity contribution in [3.05, 3.63) is 23.3 Å². The molecule has 0 aliphatic rings. The van der Waals surface area contributed by atoms with Crippen LogP contribution in [0.4, 0.5) is 0 Å². The van der Waals surface area contributed by atoms with E-state index in [1.807, 2.05) is 6.07 Å². The highest BCUT2D eigenvalue weighted by molar-refractivity contribution is 5.46. The molecule has 68 valence electrons. The lowest BCUT2D eigenvalue weighted by Gasteiger charge is -2.07. The molecule has 0 saturated carbocycles. The summed E-state index contributed by atoms with van der Waals surface area (Å²) in [6.07, 6.45) is 0.247. The summed E-state index contributed by atoms with van der Waals surface area (Å²) in [6.45, 7) is 1.79.